The number of anilines is 1. The zero-order valence-corrected chi connectivity index (χ0v) is 13.9. The van der Waals surface area contributed by atoms with E-state index in [4.69, 9.17) is 11.6 Å². The maximum absolute atomic E-state index is 12.3. The fraction of sp³-hybridized carbons (Fsp3) is 0.222. The van der Waals surface area contributed by atoms with Gasteiger partial charge < -0.3 is 15.3 Å². The molecule has 2 N–H and O–H groups in total. The normalized spacial score (nSPS) is 16.7. The predicted octanol–water partition coefficient (Wildman–Crippen LogP) is 2.93. The molecule has 2 aromatic rings. The molecule has 6 heteroatoms. The van der Waals surface area contributed by atoms with Gasteiger partial charge in [-0.25, -0.2) is 0 Å². The van der Waals surface area contributed by atoms with E-state index in [2.05, 4.69) is 5.32 Å². The molecule has 0 fully saturated rings. The Hall–Kier alpha value is -2.53. The zero-order chi connectivity index (χ0) is 17.3. The van der Waals surface area contributed by atoms with E-state index >= 15 is 0 Å². The van der Waals surface area contributed by atoms with Gasteiger partial charge in [-0.1, -0.05) is 29.8 Å². The molecule has 0 saturated carbocycles. The summed E-state index contributed by atoms with van der Waals surface area (Å²) in [6.07, 6.45) is 0.351. The maximum atomic E-state index is 12.3. The van der Waals surface area contributed by atoms with E-state index in [0.717, 1.165) is 11.3 Å². The number of phenolic OH excluding ortho intramolecular Hbond substituents is 1. The van der Waals surface area contributed by atoms with E-state index in [1.807, 2.05) is 24.3 Å². The second-order valence-corrected chi connectivity index (χ2v) is 6.20. The largest absolute Gasteiger partial charge is 0.506 e. The summed E-state index contributed by atoms with van der Waals surface area (Å²) in [5.41, 5.74) is 2.29. The highest BCUT2D eigenvalue weighted by molar-refractivity contribution is 6.32. The molecule has 1 unspecified atom stereocenters. The van der Waals surface area contributed by atoms with Gasteiger partial charge in [-0.3, -0.25) is 9.59 Å². The van der Waals surface area contributed by atoms with Gasteiger partial charge in [0.25, 0.3) is 5.91 Å². The molecule has 1 aliphatic rings. The predicted molar refractivity (Wildman–Crippen MR) is 92.7 cm³/mol. The van der Waals surface area contributed by atoms with Crippen LogP contribution >= 0.6 is 11.6 Å². The Balaban J connectivity index is 1.74. The van der Waals surface area contributed by atoms with Gasteiger partial charge in [-0.2, -0.15) is 0 Å². The average Bonchev–Trinajstić information content (AvgIpc) is 2.59. The first-order valence-corrected chi connectivity index (χ1v) is 7.97. The van der Waals surface area contributed by atoms with Crippen LogP contribution in [0.2, 0.25) is 5.02 Å². The molecule has 124 valence electrons. The van der Waals surface area contributed by atoms with Gasteiger partial charge in [-0.15, -0.1) is 0 Å². The topological polar surface area (TPSA) is 69.6 Å². The molecule has 0 aliphatic carbocycles. The summed E-state index contributed by atoms with van der Waals surface area (Å²) in [6, 6.07) is 12.0. The number of hydrogen-bond donors (Lipinski definition) is 2. The summed E-state index contributed by atoms with van der Waals surface area (Å²) in [5, 5.41) is 12.4. The number of phenols is 1. The lowest BCUT2D eigenvalue weighted by Gasteiger charge is -2.31. The van der Waals surface area contributed by atoms with Crippen molar-refractivity contribution in [3.63, 3.8) is 0 Å². The fourth-order valence-electron chi connectivity index (χ4n) is 2.88. The smallest absolute Gasteiger partial charge is 0.251 e. The molecule has 3 rings (SSSR count). The Labute approximate surface area is 144 Å². The van der Waals surface area contributed by atoms with Crippen LogP contribution in [-0.4, -0.2) is 30.5 Å². The van der Waals surface area contributed by atoms with Gasteiger partial charge in [0.05, 0.1) is 5.02 Å². The number of para-hydroxylation sites is 1. The lowest BCUT2D eigenvalue weighted by Crippen LogP contribution is -2.37. The number of carbonyl (C=O) groups excluding carboxylic acids is 2. The highest BCUT2D eigenvalue weighted by atomic mass is 35.5. The Morgan fingerprint density at radius 3 is 2.83 bits per heavy atom. The number of fused-ring (bicyclic) bond motifs is 1. The number of hydrogen-bond acceptors (Lipinski definition) is 3. The molecule has 0 radical (unpaired) electrons. The van der Waals surface area contributed by atoms with Crippen LogP contribution in [0.5, 0.6) is 5.75 Å². The van der Waals surface area contributed by atoms with Crippen LogP contribution in [0.15, 0.2) is 42.5 Å². The summed E-state index contributed by atoms with van der Waals surface area (Å²) < 4.78 is 0. The minimum Gasteiger partial charge on any atom is -0.506 e. The van der Waals surface area contributed by atoms with Crippen molar-refractivity contribution in [1.29, 1.82) is 0 Å². The van der Waals surface area contributed by atoms with Crippen molar-refractivity contribution >= 4 is 29.1 Å². The zero-order valence-electron chi connectivity index (χ0n) is 13.1. The van der Waals surface area contributed by atoms with Crippen LogP contribution in [0.1, 0.15) is 28.3 Å². The second-order valence-electron chi connectivity index (χ2n) is 5.79. The minimum atomic E-state index is -0.291. The molecule has 0 spiro atoms. The first-order chi connectivity index (χ1) is 11.5. The summed E-state index contributed by atoms with van der Waals surface area (Å²) in [7, 11) is 1.76. The molecule has 2 aromatic carbocycles. The van der Waals surface area contributed by atoms with Crippen LogP contribution in [0.4, 0.5) is 5.69 Å². The minimum absolute atomic E-state index is 0.0284. The van der Waals surface area contributed by atoms with Gasteiger partial charge in [-0.05, 0) is 29.8 Å². The summed E-state index contributed by atoms with van der Waals surface area (Å²) in [4.78, 5) is 26.0. The third-order valence-electron chi connectivity index (χ3n) is 4.25. The number of rotatable bonds is 3. The Morgan fingerprint density at radius 1 is 1.33 bits per heavy atom. The van der Waals surface area contributed by atoms with Crippen molar-refractivity contribution in [2.24, 2.45) is 0 Å². The van der Waals surface area contributed by atoms with E-state index in [0.29, 0.717) is 18.5 Å². The average molecular weight is 345 g/mol. The van der Waals surface area contributed by atoms with Gasteiger partial charge in [0.15, 0.2) is 0 Å². The Morgan fingerprint density at radius 2 is 2.08 bits per heavy atom. The van der Waals surface area contributed by atoms with Crippen molar-refractivity contribution in [2.45, 2.75) is 12.3 Å². The monoisotopic (exact) mass is 344 g/mol. The number of halogens is 1. The third kappa shape index (κ3) is 3.08. The fourth-order valence-corrected chi connectivity index (χ4v) is 3.06. The molecule has 0 aromatic heterocycles. The number of benzene rings is 2. The number of carbonyl (C=O) groups is 2. The van der Waals surface area contributed by atoms with Crippen molar-refractivity contribution in [3.05, 3.63) is 58.6 Å². The van der Waals surface area contributed by atoms with E-state index in [1.165, 1.54) is 18.2 Å². The van der Waals surface area contributed by atoms with Crippen LogP contribution in [0.3, 0.4) is 0 Å². The first kappa shape index (κ1) is 16.3. The number of nitrogens with one attached hydrogen (secondary N) is 1. The quantitative estimate of drug-likeness (QED) is 0.899. The Kier molecular flexibility index (Phi) is 4.44. The molecule has 1 heterocycles. The molecule has 2 amide bonds. The van der Waals surface area contributed by atoms with Crippen molar-refractivity contribution in [2.75, 3.05) is 18.5 Å². The number of aromatic hydroxyl groups is 1. The SMILES string of the molecule is CN1C(=O)CC(CNC(=O)c2ccc(O)c(Cl)c2)c2ccccc21. The standard InChI is InChI=1S/C18H17ClN2O3/c1-21-15-5-3-2-4-13(15)12(9-17(21)23)10-20-18(24)11-6-7-16(22)14(19)8-11/h2-8,12,22H,9-10H2,1H3,(H,20,24). The van der Waals surface area contributed by atoms with E-state index < -0.39 is 0 Å². The highest BCUT2D eigenvalue weighted by Crippen LogP contribution is 2.34. The van der Waals surface area contributed by atoms with Crippen molar-refractivity contribution in [1.82, 2.24) is 5.32 Å². The van der Waals surface area contributed by atoms with Gasteiger partial charge >= 0.3 is 0 Å². The lowest BCUT2D eigenvalue weighted by atomic mass is 9.89. The first-order valence-electron chi connectivity index (χ1n) is 7.59. The number of nitrogens with zero attached hydrogens (tertiary/aromatic N) is 1. The highest BCUT2D eigenvalue weighted by Gasteiger charge is 2.29. The third-order valence-corrected chi connectivity index (χ3v) is 4.55. The Bertz CT molecular complexity index is 807. The van der Waals surface area contributed by atoms with Crippen LogP contribution < -0.4 is 10.2 Å². The summed E-state index contributed by atoms with van der Waals surface area (Å²) in [5.74, 6) is -0.397. The van der Waals surface area contributed by atoms with Crippen LogP contribution in [0.25, 0.3) is 0 Å². The van der Waals surface area contributed by atoms with E-state index in [9.17, 15) is 14.7 Å². The van der Waals surface area contributed by atoms with E-state index in [1.54, 1.807) is 11.9 Å². The van der Waals surface area contributed by atoms with Crippen LogP contribution in [0, 0.1) is 0 Å². The van der Waals surface area contributed by atoms with Crippen LogP contribution in [-0.2, 0) is 4.79 Å². The van der Waals surface area contributed by atoms with Gasteiger partial charge in [0, 0.05) is 37.2 Å². The molecule has 24 heavy (non-hydrogen) atoms. The summed E-state index contributed by atoms with van der Waals surface area (Å²) >= 11 is 5.83. The lowest BCUT2D eigenvalue weighted by molar-refractivity contribution is -0.119. The summed E-state index contributed by atoms with van der Waals surface area (Å²) in [6.45, 7) is 0.355. The molecular weight excluding hydrogens is 328 g/mol. The van der Waals surface area contributed by atoms with Crippen molar-refractivity contribution < 1.29 is 14.7 Å². The molecule has 0 bridgehead atoms. The second kappa shape index (κ2) is 6.53. The number of amides is 2. The molecule has 5 nitrogen and oxygen atoms in total. The van der Waals surface area contributed by atoms with E-state index in [-0.39, 0.29) is 28.5 Å². The molecule has 1 aliphatic heterocycles. The maximum Gasteiger partial charge on any atom is 0.251 e. The molecular formula is C18H17ClN2O3. The molecule has 1 atom stereocenters. The van der Waals surface area contributed by atoms with Gasteiger partial charge in [0.1, 0.15) is 5.75 Å². The van der Waals surface area contributed by atoms with Crippen molar-refractivity contribution in [3.8, 4) is 5.75 Å². The van der Waals surface area contributed by atoms with Gasteiger partial charge in [0.2, 0.25) is 5.91 Å². The molecule has 0 saturated heterocycles.